The zero-order valence-corrected chi connectivity index (χ0v) is 16.1. The van der Waals surface area contributed by atoms with Crippen LogP contribution in [0.2, 0.25) is 0 Å². The maximum Gasteiger partial charge on any atom is 0.243 e. The van der Waals surface area contributed by atoms with E-state index >= 15 is 0 Å². The van der Waals surface area contributed by atoms with Crippen LogP contribution in [0.3, 0.4) is 0 Å². The number of rotatable bonds is 8. The van der Waals surface area contributed by atoms with Gasteiger partial charge < -0.3 is 10.6 Å². The molecule has 10 heteroatoms. The Labute approximate surface area is 158 Å². The molecule has 1 heterocycles. The molecule has 27 heavy (non-hydrogen) atoms. The maximum absolute atomic E-state index is 13.0. The Bertz CT molecular complexity index is 747. The molecule has 0 saturated carbocycles. The zero-order valence-electron chi connectivity index (χ0n) is 15.3. The van der Waals surface area contributed by atoms with Gasteiger partial charge in [0.15, 0.2) is 0 Å². The third-order valence-electron chi connectivity index (χ3n) is 4.17. The van der Waals surface area contributed by atoms with Gasteiger partial charge in [-0.3, -0.25) is 14.5 Å². The van der Waals surface area contributed by atoms with Gasteiger partial charge >= 0.3 is 0 Å². The zero-order chi connectivity index (χ0) is 19.9. The lowest BCUT2D eigenvalue weighted by Gasteiger charge is -2.33. The molecule has 1 saturated heterocycles. The SMILES string of the molecule is CCCNC(=O)CNC(=O)CN1CCN(S(=O)(=O)c2ccc(F)cc2)CC1. The van der Waals surface area contributed by atoms with Gasteiger partial charge in [-0.2, -0.15) is 4.31 Å². The van der Waals surface area contributed by atoms with Crippen molar-refractivity contribution in [2.45, 2.75) is 18.2 Å². The molecule has 1 aliphatic heterocycles. The Kier molecular flexibility index (Phi) is 7.69. The quantitative estimate of drug-likeness (QED) is 0.628. The minimum atomic E-state index is -3.67. The van der Waals surface area contributed by atoms with E-state index in [0.29, 0.717) is 19.6 Å². The highest BCUT2D eigenvalue weighted by Crippen LogP contribution is 2.17. The fourth-order valence-electron chi connectivity index (χ4n) is 2.65. The summed E-state index contributed by atoms with van der Waals surface area (Å²) in [7, 11) is -3.67. The fourth-order valence-corrected chi connectivity index (χ4v) is 4.07. The molecule has 0 spiro atoms. The summed E-state index contributed by atoms with van der Waals surface area (Å²) in [6.45, 7) is 3.82. The highest BCUT2D eigenvalue weighted by atomic mass is 32.2. The molecule has 150 valence electrons. The highest BCUT2D eigenvalue weighted by molar-refractivity contribution is 7.89. The number of carbonyl (C=O) groups is 2. The summed E-state index contributed by atoms with van der Waals surface area (Å²) in [6.07, 6.45) is 0.824. The molecule has 2 amide bonds. The molecule has 1 aliphatic rings. The molecule has 0 aromatic heterocycles. The molecule has 0 atom stereocenters. The number of nitrogens with zero attached hydrogens (tertiary/aromatic N) is 2. The van der Waals surface area contributed by atoms with E-state index in [1.807, 2.05) is 11.8 Å². The van der Waals surface area contributed by atoms with Crippen LogP contribution < -0.4 is 10.6 Å². The molecule has 0 unspecified atom stereocenters. The third-order valence-corrected chi connectivity index (χ3v) is 6.08. The van der Waals surface area contributed by atoms with Crippen molar-refractivity contribution in [1.82, 2.24) is 19.8 Å². The summed E-state index contributed by atoms with van der Waals surface area (Å²) < 4.78 is 39.4. The Morgan fingerprint density at radius 3 is 2.26 bits per heavy atom. The number of piperazine rings is 1. The standard InChI is InChI=1S/C17H25FN4O4S/c1-2-7-19-16(23)12-20-17(24)13-21-8-10-22(11-9-21)27(25,26)15-5-3-14(18)4-6-15/h3-6H,2,7-13H2,1H3,(H,19,23)(H,20,24). The van der Waals surface area contributed by atoms with Gasteiger partial charge in [-0.05, 0) is 30.7 Å². The van der Waals surface area contributed by atoms with Crippen molar-refractivity contribution < 1.29 is 22.4 Å². The topological polar surface area (TPSA) is 98.8 Å². The van der Waals surface area contributed by atoms with Crippen molar-refractivity contribution >= 4 is 21.8 Å². The number of halogens is 1. The van der Waals surface area contributed by atoms with Gasteiger partial charge in [0.05, 0.1) is 18.0 Å². The highest BCUT2D eigenvalue weighted by Gasteiger charge is 2.29. The van der Waals surface area contributed by atoms with Crippen molar-refractivity contribution in [3.05, 3.63) is 30.1 Å². The summed E-state index contributed by atoms with van der Waals surface area (Å²) in [4.78, 5) is 25.3. The van der Waals surface area contributed by atoms with Crippen molar-refractivity contribution in [3.8, 4) is 0 Å². The minimum Gasteiger partial charge on any atom is -0.355 e. The van der Waals surface area contributed by atoms with Crippen molar-refractivity contribution in [3.63, 3.8) is 0 Å². The van der Waals surface area contributed by atoms with Gasteiger partial charge in [-0.15, -0.1) is 0 Å². The van der Waals surface area contributed by atoms with E-state index < -0.39 is 15.8 Å². The van der Waals surface area contributed by atoms with Crippen LogP contribution in [0.15, 0.2) is 29.2 Å². The van der Waals surface area contributed by atoms with Crippen molar-refractivity contribution in [2.75, 3.05) is 45.8 Å². The van der Waals surface area contributed by atoms with Crippen molar-refractivity contribution in [2.24, 2.45) is 0 Å². The molecule has 1 aromatic rings. The van der Waals surface area contributed by atoms with Gasteiger partial charge in [-0.25, -0.2) is 12.8 Å². The predicted octanol–water partition coefficient (Wildman–Crippen LogP) is -0.226. The monoisotopic (exact) mass is 400 g/mol. The molecule has 2 rings (SSSR count). The second kappa shape index (κ2) is 9.77. The van der Waals surface area contributed by atoms with Crippen LogP contribution >= 0.6 is 0 Å². The molecule has 0 bridgehead atoms. The first-order valence-electron chi connectivity index (χ1n) is 8.84. The Balaban J connectivity index is 1.78. The average molecular weight is 400 g/mol. The number of nitrogens with one attached hydrogen (secondary N) is 2. The van der Waals surface area contributed by atoms with Crippen LogP contribution in [0.1, 0.15) is 13.3 Å². The first kappa shape index (κ1) is 21.3. The number of hydrogen-bond acceptors (Lipinski definition) is 5. The van der Waals surface area contributed by atoms with E-state index in [2.05, 4.69) is 10.6 Å². The van der Waals surface area contributed by atoms with E-state index in [9.17, 15) is 22.4 Å². The van der Waals surface area contributed by atoms with Crippen LogP contribution in [0.4, 0.5) is 4.39 Å². The molecule has 1 aromatic carbocycles. The Hall–Kier alpha value is -2.04. The number of hydrogen-bond donors (Lipinski definition) is 2. The van der Waals surface area contributed by atoms with Crippen LogP contribution in [0.25, 0.3) is 0 Å². The first-order chi connectivity index (χ1) is 12.8. The third kappa shape index (κ3) is 6.26. The molecule has 8 nitrogen and oxygen atoms in total. The van der Waals surface area contributed by atoms with Crippen LogP contribution in [-0.4, -0.2) is 75.3 Å². The van der Waals surface area contributed by atoms with Gasteiger partial charge in [0.2, 0.25) is 21.8 Å². The lowest BCUT2D eigenvalue weighted by molar-refractivity contribution is -0.126. The van der Waals surface area contributed by atoms with Crippen molar-refractivity contribution in [1.29, 1.82) is 0 Å². The van der Waals surface area contributed by atoms with Gasteiger partial charge in [0.25, 0.3) is 0 Å². The molecular weight excluding hydrogens is 375 g/mol. The molecule has 2 N–H and O–H groups in total. The molecule has 0 radical (unpaired) electrons. The number of carbonyl (C=O) groups excluding carboxylic acids is 2. The Morgan fingerprint density at radius 2 is 1.67 bits per heavy atom. The van der Waals surface area contributed by atoms with Gasteiger partial charge in [0.1, 0.15) is 5.82 Å². The number of sulfonamides is 1. The molecular formula is C17H25FN4O4S. The summed E-state index contributed by atoms with van der Waals surface area (Å²) in [5.41, 5.74) is 0. The average Bonchev–Trinajstić information content (AvgIpc) is 2.65. The summed E-state index contributed by atoms with van der Waals surface area (Å²) in [5.74, 6) is -1.01. The number of amides is 2. The second-order valence-electron chi connectivity index (χ2n) is 6.26. The second-order valence-corrected chi connectivity index (χ2v) is 8.20. The lowest BCUT2D eigenvalue weighted by atomic mass is 10.3. The normalized spacial score (nSPS) is 16.1. The van der Waals surface area contributed by atoms with Crippen LogP contribution in [-0.2, 0) is 19.6 Å². The first-order valence-corrected chi connectivity index (χ1v) is 10.3. The molecule has 0 aliphatic carbocycles. The van der Waals surface area contributed by atoms with E-state index in [4.69, 9.17) is 0 Å². The summed E-state index contributed by atoms with van der Waals surface area (Å²) in [5, 5.41) is 5.22. The summed E-state index contributed by atoms with van der Waals surface area (Å²) in [6, 6.07) is 4.72. The van der Waals surface area contributed by atoms with E-state index in [1.54, 1.807) is 0 Å². The van der Waals surface area contributed by atoms with Crippen LogP contribution in [0, 0.1) is 5.82 Å². The largest absolute Gasteiger partial charge is 0.355 e. The van der Waals surface area contributed by atoms with Gasteiger partial charge in [-0.1, -0.05) is 6.92 Å². The van der Waals surface area contributed by atoms with Crippen LogP contribution in [0.5, 0.6) is 0 Å². The maximum atomic E-state index is 13.0. The Morgan fingerprint density at radius 1 is 1.04 bits per heavy atom. The molecule has 1 fully saturated rings. The lowest BCUT2D eigenvalue weighted by Crippen LogP contribution is -2.51. The minimum absolute atomic E-state index is 0.0492. The number of benzene rings is 1. The fraction of sp³-hybridized carbons (Fsp3) is 0.529. The predicted molar refractivity (Wildman–Crippen MR) is 97.9 cm³/mol. The van der Waals surface area contributed by atoms with Gasteiger partial charge in [0, 0.05) is 32.7 Å². The smallest absolute Gasteiger partial charge is 0.243 e. The van der Waals surface area contributed by atoms with E-state index in [1.165, 1.54) is 16.4 Å². The van der Waals surface area contributed by atoms with E-state index in [-0.39, 0.29) is 42.9 Å². The summed E-state index contributed by atoms with van der Waals surface area (Å²) >= 11 is 0. The van der Waals surface area contributed by atoms with E-state index in [0.717, 1.165) is 18.6 Å².